The molecule has 0 aliphatic carbocycles. The van der Waals surface area contributed by atoms with Gasteiger partial charge in [0.25, 0.3) is 0 Å². The number of halogens is 1. The minimum absolute atomic E-state index is 0.0938. The van der Waals surface area contributed by atoms with E-state index in [-0.39, 0.29) is 23.9 Å². The molecule has 1 fully saturated rings. The van der Waals surface area contributed by atoms with Gasteiger partial charge in [0, 0.05) is 18.7 Å². The van der Waals surface area contributed by atoms with Crippen molar-refractivity contribution in [3.05, 3.63) is 59.4 Å². The average Bonchev–Trinajstić information content (AvgIpc) is 2.94. The molecule has 0 unspecified atom stereocenters. The van der Waals surface area contributed by atoms with Gasteiger partial charge in [-0.1, -0.05) is 23.8 Å². The van der Waals surface area contributed by atoms with Crippen LogP contribution in [0.5, 0.6) is 0 Å². The highest BCUT2D eigenvalue weighted by Crippen LogP contribution is 2.27. The summed E-state index contributed by atoms with van der Waals surface area (Å²) in [6.45, 7) is 4.11. The predicted molar refractivity (Wildman–Crippen MR) is 91.4 cm³/mol. The highest BCUT2D eigenvalue weighted by molar-refractivity contribution is 6.03. The van der Waals surface area contributed by atoms with Gasteiger partial charge in [-0.25, -0.2) is 4.39 Å². The van der Waals surface area contributed by atoms with Crippen LogP contribution < -0.4 is 10.2 Å². The molecule has 2 aromatic carbocycles. The Bertz CT molecular complexity index is 786. The number of carbonyl (C=O) groups excluding carboxylic acids is 2. The molecule has 0 spiro atoms. The van der Waals surface area contributed by atoms with E-state index in [1.165, 1.54) is 6.07 Å². The molecule has 3 rings (SSSR count). The Morgan fingerprint density at radius 1 is 1.12 bits per heavy atom. The number of hydrogen-bond donors (Lipinski definition) is 1. The molecule has 2 amide bonds. The van der Waals surface area contributed by atoms with Crippen LogP contribution in [-0.4, -0.2) is 18.4 Å². The standard InChI is InChI=1S/C19H19FN2O2/c1-12-3-6-15(7-4-12)22-11-14(10-18(22)23)19(24)21-17-9-13(2)5-8-16(17)20/h3-9,14H,10-11H2,1-2H3,(H,21,24)/t14-/m0/s1. The Hall–Kier alpha value is -2.69. The molecule has 5 heteroatoms. The SMILES string of the molecule is Cc1ccc(N2C[C@@H](C(=O)Nc3cc(C)ccc3F)CC2=O)cc1. The van der Waals surface area contributed by atoms with Gasteiger partial charge >= 0.3 is 0 Å². The quantitative estimate of drug-likeness (QED) is 0.939. The summed E-state index contributed by atoms with van der Waals surface area (Å²) in [6.07, 6.45) is 0.132. The van der Waals surface area contributed by atoms with Crippen molar-refractivity contribution in [1.82, 2.24) is 0 Å². The lowest BCUT2D eigenvalue weighted by Gasteiger charge is -2.17. The summed E-state index contributed by atoms with van der Waals surface area (Å²) in [5.41, 5.74) is 2.90. The second kappa shape index (κ2) is 6.43. The van der Waals surface area contributed by atoms with Crippen molar-refractivity contribution in [3.63, 3.8) is 0 Å². The van der Waals surface area contributed by atoms with Crippen LogP contribution in [0.4, 0.5) is 15.8 Å². The minimum Gasteiger partial charge on any atom is -0.323 e. The first-order chi connectivity index (χ1) is 11.4. The van der Waals surface area contributed by atoms with E-state index in [2.05, 4.69) is 5.32 Å². The number of anilines is 2. The predicted octanol–water partition coefficient (Wildman–Crippen LogP) is 3.43. The van der Waals surface area contributed by atoms with Gasteiger partial charge in [-0.3, -0.25) is 9.59 Å². The third-order valence-corrected chi connectivity index (χ3v) is 4.22. The molecule has 4 nitrogen and oxygen atoms in total. The van der Waals surface area contributed by atoms with E-state index in [1.807, 2.05) is 38.1 Å². The lowest BCUT2D eigenvalue weighted by molar-refractivity contribution is -0.122. The maximum absolute atomic E-state index is 13.8. The summed E-state index contributed by atoms with van der Waals surface area (Å²) in [6, 6.07) is 12.1. The number of nitrogens with zero attached hydrogens (tertiary/aromatic N) is 1. The van der Waals surface area contributed by atoms with E-state index in [0.29, 0.717) is 6.54 Å². The largest absolute Gasteiger partial charge is 0.323 e. The van der Waals surface area contributed by atoms with Gasteiger partial charge in [0.05, 0.1) is 11.6 Å². The molecule has 0 saturated carbocycles. The van der Waals surface area contributed by atoms with E-state index in [1.54, 1.807) is 17.0 Å². The highest BCUT2D eigenvalue weighted by Gasteiger charge is 2.35. The zero-order valence-corrected chi connectivity index (χ0v) is 13.7. The molecule has 1 N–H and O–H groups in total. The van der Waals surface area contributed by atoms with Crippen molar-refractivity contribution in [1.29, 1.82) is 0 Å². The summed E-state index contributed by atoms with van der Waals surface area (Å²) in [5.74, 6) is -1.39. The molecule has 0 radical (unpaired) electrons. The third-order valence-electron chi connectivity index (χ3n) is 4.22. The average molecular weight is 326 g/mol. The Kier molecular flexibility index (Phi) is 4.34. The molecule has 1 saturated heterocycles. The first-order valence-electron chi connectivity index (χ1n) is 7.88. The summed E-state index contributed by atoms with van der Waals surface area (Å²) in [5, 5.41) is 2.60. The maximum Gasteiger partial charge on any atom is 0.229 e. The van der Waals surface area contributed by atoms with Crippen molar-refractivity contribution >= 4 is 23.2 Å². The summed E-state index contributed by atoms with van der Waals surface area (Å²) in [7, 11) is 0. The number of aryl methyl sites for hydroxylation is 2. The monoisotopic (exact) mass is 326 g/mol. The Labute approximate surface area is 140 Å². The molecular formula is C19H19FN2O2. The van der Waals surface area contributed by atoms with E-state index >= 15 is 0 Å². The maximum atomic E-state index is 13.8. The lowest BCUT2D eigenvalue weighted by atomic mass is 10.1. The number of nitrogens with one attached hydrogen (secondary N) is 1. The fourth-order valence-electron chi connectivity index (χ4n) is 2.83. The van der Waals surface area contributed by atoms with E-state index < -0.39 is 11.7 Å². The number of hydrogen-bond acceptors (Lipinski definition) is 2. The van der Waals surface area contributed by atoms with Crippen LogP contribution in [-0.2, 0) is 9.59 Å². The van der Waals surface area contributed by atoms with E-state index in [0.717, 1.165) is 16.8 Å². The number of benzene rings is 2. The molecule has 2 aromatic rings. The van der Waals surface area contributed by atoms with Crippen LogP contribution >= 0.6 is 0 Å². The van der Waals surface area contributed by atoms with Gasteiger partial charge in [0.1, 0.15) is 5.82 Å². The van der Waals surface area contributed by atoms with Gasteiger partial charge in [-0.2, -0.15) is 0 Å². The smallest absolute Gasteiger partial charge is 0.229 e. The van der Waals surface area contributed by atoms with Gasteiger partial charge in [0.15, 0.2) is 0 Å². The van der Waals surface area contributed by atoms with Gasteiger partial charge < -0.3 is 10.2 Å². The molecule has 1 aliphatic heterocycles. The minimum atomic E-state index is -0.487. The Morgan fingerprint density at radius 3 is 2.50 bits per heavy atom. The molecule has 1 aliphatic rings. The first-order valence-corrected chi connectivity index (χ1v) is 7.88. The highest BCUT2D eigenvalue weighted by atomic mass is 19.1. The van der Waals surface area contributed by atoms with Crippen LogP contribution in [0.25, 0.3) is 0 Å². The molecule has 0 bridgehead atoms. The van der Waals surface area contributed by atoms with Crippen LogP contribution in [0, 0.1) is 25.6 Å². The number of carbonyl (C=O) groups is 2. The zero-order chi connectivity index (χ0) is 17.3. The topological polar surface area (TPSA) is 49.4 Å². The van der Waals surface area contributed by atoms with Crippen LogP contribution in [0.3, 0.4) is 0 Å². The van der Waals surface area contributed by atoms with Gasteiger partial charge in [-0.05, 0) is 43.7 Å². The number of rotatable bonds is 3. The van der Waals surface area contributed by atoms with Gasteiger partial charge in [-0.15, -0.1) is 0 Å². The second-order valence-electron chi connectivity index (χ2n) is 6.21. The molecule has 24 heavy (non-hydrogen) atoms. The fourth-order valence-corrected chi connectivity index (χ4v) is 2.83. The lowest BCUT2D eigenvalue weighted by Crippen LogP contribution is -2.28. The summed E-state index contributed by atoms with van der Waals surface area (Å²) in [4.78, 5) is 26.2. The summed E-state index contributed by atoms with van der Waals surface area (Å²) >= 11 is 0. The van der Waals surface area contributed by atoms with Crippen LogP contribution in [0.15, 0.2) is 42.5 Å². The van der Waals surface area contributed by atoms with Gasteiger partial charge in [0.2, 0.25) is 11.8 Å². The Morgan fingerprint density at radius 2 is 1.79 bits per heavy atom. The molecule has 0 aromatic heterocycles. The summed E-state index contributed by atoms with van der Waals surface area (Å²) < 4.78 is 13.8. The van der Waals surface area contributed by atoms with E-state index in [9.17, 15) is 14.0 Å². The van der Waals surface area contributed by atoms with E-state index in [4.69, 9.17) is 0 Å². The zero-order valence-electron chi connectivity index (χ0n) is 13.7. The fraction of sp³-hybridized carbons (Fsp3) is 0.263. The van der Waals surface area contributed by atoms with Crippen molar-refractivity contribution in [3.8, 4) is 0 Å². The second-order valence-corrected chi connectivity index (χ2v) is 6.21. The molecule has 124 valence electrons. The number of amides is 2. The van der Waals surface area contributed by atoms with Crippen LogP contribution in [0.1, 0.15) is 17.5 Å². The molecule has 1 heterocycles. The van der Waals surface area contributed by atoms with Crippen molar-refractivity contribution in [2.24, 2.45) is 5.92 Å². The molecule has 1 atom stereocenters. The van der Waals surface area contributed by atoms with Crippen molar-refractivity contribution in [2.75, 3.05) is 16.8 Å². The Balaban J connectivity index is 1.72. The van der Waals surface area contributed by atoms with Crippen LogP contribution in [0.2, 0.25) is 0 Å². The first kappa shape index (κ1) is 16.2. The van der Waals surface area contributed by atoms with Crippen molar-refractivity contribution < 1.29 is 14.0 Å². The normalized spacial score (nSPS) is 17.2. The third kappa shape index (κ3) is 3.30. The molecular weight excluding hydrogens is 307 g/mol. The van der Waals surface area contributed by atoms with Crippen molar-refractivity contribution in [2.45, 2.75) is 20.3 Å².